The van der Waals surface area contributed by atoms with Crippen molar-refractivity contribution in [2.75, 3.05) is 0 Å². The van der Waals surface area contributed by atoms with Crippen molar-refractivity contribution in [3.8, 4) is 10.8 Å². The standard InChI is InChI=1S/C17H13N3O3S/c1-10(15-19-20-16(23-15)14-7-4-8-24-14)22-17(21)12-9-18-13-6-3-2-5-11(12)13/h2-10,18H,1H3/t10-/m1/s1. The van der Waals surface area contributed by atoms with Gasteiger partial charge in [0.05, 0.1) is 10.4 Å². The summed E-state index contributed by atoms with van der Waals surface area (Å²) in [6, 6.07) is 11.4. The maximum absolute atomic E-state index is 12.4. The van der Waals surface area contributed by atoms with Crippen molar-refractivity contribution in [2.45, 2.75) is 13.0 Å². The Labute approximate surface area is 141 Å². The first-order valence-corrected chi connectivity index (χ1v) is 8.24. The topological polar surface area (TPSA) is 81.0 Å². The van der Waals surface area contributed by atoms with Gasteiger partial charge in [-0.25, -0.2) is 4.79 Å². The van der Waals surface area contributed by atoms with Gasteiger partial charge in [-0.05, 0) is 24.4 Å². The zero-order chi connectivity index (χ0) is 16.5. The van der Waals surface area contributed by atoms with E-state index < -0.39 is 12.1 Å². The summed E-state index contributed by atoms with van der Waals surface area (Å²) in [6.45, 7) is 1.71. The molecule has 120 valence electrons. The molecule has 3 heterocycles. The SMILES string of the molecule is C[C@@H](OC(=O)c1c[nH]c2ccccc12)c1nnc(-c2cccs2)o1. The van der Waals surface area contributed by atoms with Crippen LogP contribution in [0.3, 0.4) is 0 Å². The van der Waals surface area contributed by atoms with Crippen LogP contribution in [-0.2, 0) is 4.74 Å². The second kappa shape index (κ2) is 5.93. The first kappa shape index (κ1) is 14.6. The number of para-hydroxylation sites is 1. The fourth-order valence-corrected chi connectivity index (χ4v) is 3.06. The van der Waals surface area contributed by atoms with Crippen LogP contribution in [0.2, 0.25) is 0 Å². The molecule has 0 spiro atoms. The first-order chi connectivity index (χ1) is 11.7. The van der Waals surface area contributed by atoms with Crippen LogP contribution in [0.15, 0.2) is 52.4 Å². The van der Waals surface area contributed by atoms with E-state index in [2.05, 4.69) is 15.2 Å². The third-order valence-corrected chi connectivity index (χ3v) is 4.47. The smallest absolute Gasteiger partial charge is 0.341 e. The molecule has 24 heavy (non-hydrogen) atoms. The van der Waals surface area contributed by atoms with Crippen LogP contribution in [0.5, 0.6) is 0 Å². The average Bonchev–Trinajstić information content (AvgIpc) is 3.33. The Morgan fingerprint density at radius 1 is 1.25 bits per heavy atom. The molecule has 7 heteroatoms. The lowest BCUT2D eigenvalue weighted by atomic mass is 10.2. The van der Waals surface area contributed by atoms with Crippen molar-refractivity contribution < 1.29 is 13.9 Å². The highest BCUT2D eigenvalue weighted by atomic mass is 32.1. The second-order valence-electron chi connectivity index (χ2n) is 5.22. The number of thiophene rings is 1. The van der Waals surface area contributed by atoms with Crippen molar-refractivity contribution in [2.24, 2.45) is 0 Å². The summed E-state index contributed by atoms with van der Waals surface area (Å²) in [7, 11) is 0. The number of hydrogen-bond acceptors (Lipinski definition) is 6. The molecule has 6 nitrogen and oxygen atoms in total. The molecule has 0 aliphatic rings. The fourth-order valence-electron chi connectivity index (χ4n) is 2.41. The Morgan fingerprint density at radius 3 is 2.96 bits per heavy atom. The summed E-state index contributed by atoms with van der Waals surface area (Å²) in [6.07, 6.45) is 1.01. The van der Waals surface area contributed by atoms with Gasteiger partial charge in [0.1, 0.15) is 0 Å². The lowest BCUT2D eigenvalue weighted by Crippen LogP contribution is -2.09. The van der Waals surface area contributed by atoms with Gasteiger partial charge in [-0.15, -0.1) is 21.5 Å². The van der Waals surface area contributed by atoms with Gasteiger partial charge in [0, 0.05) is 17.1 Å². The number of aromatic nitrogens is 3. The van der Waals surface area contributed by atoms with Crippen molar-refractivity contribution in [1.82, 2.24) is 15.2 Å². The summed E-state index contributed by atoms with van der Waals surface area (Å²) in [4.78, 5) is 16.3. The third-order valence-electron chi connectivity index (χ3n) is 3.61. The number of ether oxygens (including phenoxy) is 1. The number of carbonyl (C=O) groups excluding carboxylic acids is 1. The Hall–Kier alpha value is -2.93. The zero-order valence-electron chi connectivity index (χ0n) is 12.7. The summed E-state index contributed by atoms with van der Waals surface area (Å²) in [5, 5.41) is 10.7. The minimum atomic E-state index is -0.632. The van der Waals surface area contributed by atoms with Gasteiger partial charge in [-0.2, -0.15) is 0 Å². The van der Waals surface area contributed by atoms with Crippen molar-refractivity contribution in [1.29, 1.82) is 0 Å². The summed E-state index contributed by atoms with van der Waals surface area (Å²) >= 11 is 1.51. The van der Waals surface area contributed by atoms with E-state index >= 15 is 0 Å². The Kier molecular flexibility index (Phi) is 3.62. The minimum Gasteiger partial charge on any atom is -0.449 e. The number of carbonyl (C=O) groups is 1. The highest BCUT2D eigenvalue weighted by Gasteiger charge is 2.21. The van der Waals surface area contributed by atoms with E-state index in [1.165, 1.54) is 11.3 Å². The van der Waals surface area contributed by atoms with Gasteiger partial charge in [0.15, 0.2) is 6.10 Å². The van der Waals surface area contributed by atoms with Crippen LogP contribution in [-0.4, -0.2) is 21.2 Å². The van der Waals surface area contributed by atoms with Crippen LogP contribution < -0.4 is 0 Å². The van der Waals surface area contributed by atoms with Crippen LogP contribution >= 0.6 is 11.3 Å². The van der Waals surface area contributed by atoms with E-state index in [9.17, 15) is 4.79 Å². The summed E-state index contributed by atoms with van der Waals surface area (Å²) in [5.74, 6) is 0.261. The predicted molar refractivity (Wildman–Crippen MR) is 89.7 cm³/mol. The molecule has 0 fully saturated rings. The molecule has 0 amide bonds. The number of H-pyrrole nitrogens is 1. The Balaban J connectivity index is 1.53. The molecule has 1 atom stereocenters. The van der Waals surface area contributed by atoms with Crippen molar-refractivity contribution >= 4 is 28.2 Å². The molecule has 0 aliphatic heterocycles. The Bertz CT molecular complexity index is 988. The Morgan fingerprint density at radius 2 is 2.12 bits per heavy atom. The lowest BCUT2D eigenvalue weighted by Gasteiger charge is -2.08. The van der Waals surface area contributed by atoms with Gasteiger partial charge in [0.25, 0.3) is 11.8 Å². The monoisotopic (exact) mass is 339 g/mol. The molecular formula is C17H13N3O3S. The largest absolute Gasteiger partial charge is 0.449 e. The van der Waals surface area contributed by atoms with E-state index in [0.29, 0.717) is 11.5 Å². The molecule has 4 aromatic rings. The number of esters is 1. The molecule has 1 N–H and O–H groups in total. The molecule has 0 aliphatic carbocycles. The molecule has 0 bridgehead atoms. The second-order valence-corrected chi connectivity index (χ2v) is 6.17. The van der Waals surface area contributed by atoms with Crippen LogP contribution in [0.4, 0.5) is 0 Å². The number of nitrogens with one attached hydrogen (secondary N) is 1. The summed E-state index contributed by atoms with van der Waals surface area (Å²) < 4.78 is 11.1. The van der Waals surface area contributed by atoms with Crippen molar-refractivity contribution in [3.63, 3.8) is 0 Å². The minimum absolute atomic E-state index is 0.270. The number of rotatable bonds is 4. The van der Waals surface area contributed by atoms with Gasteiger partial charge < -0.3 is 14.1 Å². The lowest BCUT2D eigenvalue weighted by molar-refractivity contribution is 0.0282. The molecule has 4 rings (SSSR count). The summed E-state index contributed by atoms with van der Waals surface area (Å²) in [5.41, 5.74) is 1.37. The molecule has 0 saturated carbocycles. The molecule has 0 radical (unpaired) electrons. The van der Waals surface area contributed by atoms with Crippen LogP contribution in [0.1, 0.15) is 29.3 Å². The highest BCUT2D eigenvalue weighted by molar-refractivity contribution is 7.13. The molecule has 1 aromatic carbocycles. The number of fused-ring (bicyclic) bond motifs is 1. The van der Waals surface area contributed by atoms with Gasteiger partial charge in [-0.1, -0.05) is 24.3 Å². The predicted octanol–water partition coefficient (Wildman–Crippen LogP) is 4.20. The van der Waals surface area contributed by atoms with E-state index in [4.69, 9.17) is 9.15 Å². The maximum Gasteiger partial charge on any atom is 0.341 e. The van der Waals surface area contributed by atoms with Gasteiger partial charge >= 0.3 is 5.97 Å². The fraction of sp³-hybridized carbons (Fsp3) is 0.118. The van der Waals surface area contributed by atoms with Crippen LogP contribution in [0, 0.1) is 0 Å². The molecular weight excluding hydrogens is 326 g/mol. The first-order valence-electron chi connectivity index (χ1n) is 7.37. The van der Waals surface area contributed by atoms with Gasteiger partial charge in [-0.3, -0.25) is 0 Å². The van der Waals surface area contributed by atoms with E-state index in [1.54, 1.807) is 13.1 Å². The average molecular weight is 339 g/mol. The number of benzene rings is 1. The molecule has 3 aromatic heterocycles. The van der Waals surface area contributed by atoms with Gasteiger partial charge in [0.2, 0.25) is 0 Å². The quantitative estimate of drug-likeness (QED) is 0.564. The van der Waals surface area contributed by atoms with E-state index in [0.717, 1.165) is 15.8 Å². The number of aromatic amines is 1. The maximum atomic E-state index is 12.4. The molecule has 0 unspecified atom stereocenters. The van der Waals surface area contributed by atoms with E-state index in [1.807, 2.05) is 41.8 Å². The van der Waals surface area contributed by atoms with Crippen molar-refractivity contribution in [3.05, 3.63) is 59.4 Å². The third kappa shape index (κ3) is 2.59. The number of hydrogen-bond donors (Lipinski definition) is 1. The van der Waals surface area contributed by atoms with E-state index in [-0.39, 0.29) is 5.89 Å². The normalized spacial score (nSPS) is 12.4. The zero-order valence-corrected chi connectivity index (χ0v) is 13.5. The number of nitrogens with zero attached hydrogens (tertiary/aromatic N) is 2. The van der Waals surface area contributed by atoms with Crippen LogP contribution in [0.25, 0.3) is 21.7 Å². The highest BCUT2D eigenvalue weighted by Crippen LogP contribution is 2.27. The molecule has 0 saturated heterocycles.